The van der Waals surface area contributed by atoms with Gasteiger partial charge >= 0.3 is 0 Å². The summed E-state index contributed by atoms with van der Waals surface area (Å²) in [6.45, 7) is 1.83. The van der Waals surface area contributed by atoms with Gasteiger partial charge in [0.15, 0.2) is 0 Å². The third kappa shape index (κ3) is 3.65. The predicted molar refractivity (Wildman–Crippen MR) is 84.7 cm³/mol. The fourth-order valence-electron chi connectivity index (χ4n) is 2.37. The normalized spacial score (nSPS) is 14.0. The Hall–Kier alpha value is -2.48. The Bertz CT molecular complexity index is 708. The highest BCUT2D eigenvalue weighted by atomic mass is 32.1. The molecule has 2 heterocycles. The molecule has 1 saturated heterocycles. The lowest BCUT2D eigenvalue weighted by Gasteiger charge is -2.12. The zero-order valence-corrected chi connectivity index (χ0v) is 13.1. The third-order valence-electron chi connectivity index (χ3n) is 3.57. The molecule has 1 amide bonds. The van der Waals surface area contributed by atoms with Gasteiger partial charge in [0.2, 0.25) is 0 Å². The van der Waals surface area contributed by atoms with E-state index in [4.69, 9.17) is 4.74 Å². The monoisotopic (exact) mass is 333 g/mol. The first kappa shape index (κ1) is 15.4. The molecule has 0 radical (unpaired) electrons. The highest BCUT2D eigenvalue weighted by Crippen LogP contribution is 2.20. The molecule has 1 aliphatic heterocycles. The summed E-state index contributed by atoms with van der Waals surface area (Å²) in [4.78, 5) is 28.5. The summed E-state index contributed by atoms with van der Waals surface area (Å²) in [6, 6.07) is 5.86. The number of nitrogens with zero attached hydrogens (tertiary/aromatic N) is 3. The summed E-state index contributed by atoms with van der Waals surface area (Å²) in [6.07, 6.45) is 2.10. The van der Waals surface area contributed by atoms with Crippen molar-refractivity contribution in [3.05, 3.63) is 50.5 Å². The van der Waals surface area contributed by atoms with Gasteiger partial charge in [0.05, 0.1) is 4.92 Å². The van der Waals surface area contributed by atoms with Gasteiger partial charge in [0.1, 0.15) is 23.1 Å². The van der Waals surface area contributed by atoms with E-state index in [1.807, 2.05) is 4.90 Å². The Morgan fingerprint density at radius 1 is 1.30 bits per heavy atom. The zero-order valence-electron chi connectivity index (χ0n) is 12.3. The summed E-state index contributed by atoms with van der Waals surface area (Å²) < 4.78 is 5.55. The number of rotatable bonds is 5. The van der Waals surface area contributed by atoms with Gasteiger partial charge in [-0.25, -0.2) is 4.98 Å². The van der Waals surface area contributed by atoms with E-state index < -0.39 is 4.92 Å². The van der Waals surface area contributed by atoms with Crippen molar-refractivity contribution >= 4 is 22.9 Å². The van der Waals surface area contributed by atoms with Gasteiger partial charge in [-0.3, -0.25) is 14.9 Å². The van der Waals surface area contributed by atoms with Crippen molar-refractivity contribution in [1.82, 2.24) is 9.88 Å². The minimum absolute atomic E-state index is 0.0186. The smallest absolute Gasteiger partial charge is 0.273 e. The molecule has 1 fully saturated rings. The number of ether oxygens (including phenoxy) is 1. The molecule has 1 aromatic carbocycles. The zero-order chi connectivity index (χ0) is 16.2. The van der Waals surface area contributed by atoms with Crippen LogP contribution in [0.1, 0.15) is 28.3 Å². The maximum absolute atomic E-state index is 12.2. The Kier molecular flexibility index (Phi) is 4.52. The average Bonchev–Trinajstić information content (AvgIpc) is 3.24. The van der Waals surface area contributed by atoms with Gasteiger partial charge < -0.3 is 9.64 Å². The summed E-state index contributed by atoms with van der Waals surface area (Å²) in [5, 5.41) is 13.0. The van der Waals surface area contributed by atoms with Gasteiger partial charge in [-0.1, -0.05) is 0 Å². The van der Waals surface area contributed by atoms with Crippen LogP contribution in [0.25, 0.3) is 0 Å². The SMILES string of the molecule is O=C(c1csc(COc2ccc([N+](=O)[O-])cc2)n1)N1CCCC1. The number of aromatic nitrogens is 1. The molecule has 0 saturated carbocycles. The molecule has 0 atom stereocenters. The lowest BCUT2D eigenvalue weighted by molar-refractivity contribution is -0.384. The fourth-order valence-corrected chi connectivity index (χ4v) is 3.05. The summed E-state index contributed by atoms with van der Waals surface area (Å²) in [5.41, 5.74) is 0.476. The van der Waals surface area contributed by atoms with Crippen LogP contribution in [0.15, 0.2) is 29.6 Å². The maximum atomic E-state index is 12.2. The number of carbonyl (C=O) groups is 1. The summed E-state index contributed by atoms with van der Waals surface area (Å²) in [5.74, 6) is 0.499. The number of thiazole rings is 1. The van der Waals surface area contributed by atoms with Gasteiger partial charge in [-0.05, 0) is 25.0 Å². The Morgan fingerprint density at radius 2 is 2.00 bits per heavy atom. The van der Waals surface area contributed by atoms with Crippen LogP contribution >= 0.6 is 11.3 Å². The number of nitro benzene ring substituents is 1. The minimum atomic E-state index is -0.457. The number of amides is 1. The van der Waals surface area contributed by atoms with E-state index in [1.165, 1.54) is 23.5 Å². The molecule has 0 N–H and O–H groups in total. The molecular formula is C15H15N3O4S. The molecule has 7 nitrogen and oxygen atoms in total. The number of carbonyl (C=O) groups excluding carboxylic acids is 1. The molecule has 0 unspecified atom stereocenters. The van der Waals surface area contributed by atoms with E-state index in [0.717, 1.165) is 25.9 Å². The first-order valence-corrected chi connectivity index (χ1v) is 8.12. The molecule has 23 heavy (non-hydrogen) atoms. The predicted octanol–water partition coefficient (Wildman–Crippen LogP) is 2.87. The molecule has 8 heteroatoms. The number of nitro groups is 1. The minimum Gasteiger partial charge on any atom is -0.486 e. The molecular weight excluding hydrogens is 318 g/mol. The van der Waals surface area contributed by atoms with E-state index in [9.17, 15) is 14.9 Å². The highest BCUT2D eigenvalue weighted by molar-refractivity contribution is 7.09. The first-order chi connectivity index (χ1) is 11.1. The van der Waals surface area contributed by atoms with Crippen LogP contribution in [0.2, 0.25) is 0 Å². The molecule has 2 aromatic rings. The van der Waals surface area contributed by atoms with E-state index in [-0.39, 0.29) is 18.2 Å². The molecule has 0 spiro atoms. The number of non-ortho nitro benzene ring substituents is 1. The Labute approximate surface area is 136 Å². The topological polar surface area (TPSA) is 85.6 Å². The molecule has 0 bridgehead atoms. The lowest BCUT2D eigenvalue weighted by Crippen LogP contribution is -2.27. The molecule has 1 aliphatic rings. The van der Waals surface area contributed by atoms with E-state index >= 15 is 0 Å². The fraction of sp³-hybridized carbons (Fsp3) is 0.333. The average molecular weight is 333 g/mol. The van der Waals surface area contributed by atoms with Crippen LogP contribution in [-0.4, -0.2) is 33.8 Å². The van der Waals surface area contributed by atoms with E-state index in [2.05, 4.69) is 4.98 Å². The summed E-state index contributed by atoms with van der Waals surface area (Å²) >= 11 is 1.37. The van der Waals surface area contributed by atoms with Crippen molar-refractivity contribution in [1.29, 1.82) is 0 Å². The first-order valence-electron chi connectivity index (χ1n) is 7.24. The number of hydrogen-bond donors (Lipinski definition) is 0. The quantitative estimate of drug-likeness (QED) is 0.620. The highest BCUT2D eigenvalue weighted by Gasteiger charge is 2.21. The number of benzene rings is 1. The molecule has 120 valence electrons. The number of likely N-dealkylation sites (tertiary alicyclic amines) is 1. The van der Waals surface area contributed by atoms with Gasteiger partial charge in [-0.2, -0.15) is 0 Å². The van der Waals surface area contributed by atoms with Gasteiger partial charge in [-0.15, -0.1) is 11.3 Å². The van der Waals surface area contributed by atoms with E-state index in [0.29, 0.717) is 16.5 Å². The third-order valence-corrected chi connectivity index (χ3v) is 4.40. The molecule has 1 aromatic heterocycles. The van der Waals surface area contributed by atoms with Gasteiger partial charge in [0, 0.05) is 30.6 Å². The van der Waals surface area contributed by atoms with Crippen LogP contribution in [0.3, 0.4) is 0 Å². The van der Waals surface area contributed by atoms with Crippen LogP contribution in [0, 0.1) is 10.1 Å². The lowest BCUT2D eigenvalue weighted by atomic mass is 10.3. The van der Waals surface area contributed by atoms with Crippen LogP contribution < -0.4 is 4.74 Å². The molecule has 0 aliphatic carbocycles. The summed E-state index contributed by atoms with van der Waals surface area (Å²) in [7, 11) is 0. The second-order valence-electron chi connectivity index (χ2n) is 5.17. The van der Waals surface area contributed by atoms with Crippen LogP contribution in [-0.2, 0) is 6.61 Å². The van der Waals surface area contributed by atoms with Crippen molar-refractivity contribution in [2.75, 3.05) is 13.1 Å². The van der Waals surface area contributed by atoms with Crippen LogP contribution in [0.4, 0.5) is 5.69 Å². The number of hydrogen-bond acceptors (Lipinski definition) is 6. The second-order valence-corrected chi connectivity index (χ2v) is 6.11. The largest absolute Gasteiger partial charge is 0.486 e. The Balaban J connectivity index is 1.58. The van der Waals surface area contributed by atoms with Crippen LogP contribution in [0.5, 0.6) is 5.75 Å². The van der Waals surface area contributed by atoms with Crippen molar-refractivity contribution in [3.63, 3.8) is 0 Å². The van der Waals surface area contributed by atoms with Gasteiger partial charge in [0.25, 0.3) is 11.6 Å². The maximum Gasteiger partial charge on any atom is 0.273 e. The van der Waals surface area contributed by atoms with Crippen molar-refractivity contribution in [3.8, 4) is 5.75 Å². The molecule has 3 rings (SSSR count). The van der Waals surface area contributed by atoms with Crippen molar-refractivity contribution in [2.45, 2.75) is 19.4 Å². The van der Waals surface area contributed by atoms with Crippen molar-refractivity contribution < 1.29 is 14.5 Å². The second kappa shape index (κ2) is 6.74. The Morgan fingerprint density at radius 3 is 2.65 bits per heavy atom. The standard InChI is InChI=1S/C15H15N3O4S/c19-15(17-7-1-2-8-17)13-10-23-14(16-13)9-22-12-5-3-11(4-6-12)18(20)21/h3-6,10H,1-2,7-9H2. The van der Waals surface area contributed by atoms with Crippen molar-refractivity contribution in [2.24, 2.45) is 0 Å². The van der Waals surface area contributed by atoms with E-state index in [1.54, 1.807) is 17.5 Å².